The molecule has 3 heteroatoms. The van der Waals surface area contributed by atoms with Crippen LogP contribution >= 0.6 is 0 Å². The second-order valence-electron chi connectivity index (χ2n) is 14.5. The van der Waals surface area contributed by atoms with E-state index < -0.39 is 5.41 Å². The number of amidine groups is 1. The highest BCUT2D eigenvalue weighted by atomic mass is 15.0. The van der Waals surface area contributed by atoms with Crippen LogP contribution in [0.2, 0.25) is 0 Å². The van der Waals surface area contributed by atoms with Crippen LogP contribution in [0.4, 0.5) is 0 Å². The van der Waals surface area contributed by atoms with Crippen molar-refractivity contribution in [2.24, 2.45) is 9.98 Å². The van der Waals surface area contributed by atoms with E-state index in [2.05, 4.69) is 183 Å². The molecule has 8 aromatic rings. The fourth-order valence-electron chi connectivity index (χ4n) is 9.03. The van der Waals surface area contributed by atoms with E-state index in [0.717, 1.165) is 34.5 Å². The topological polar surface area (TPSA) is 29.6 Å². The number of allylic oxidation sites excluding steroid dienone is 1. The summed E-state index contributed by atoms with van der Waals surface area (Å²) in [5, 5.41) is 2.56. The van der Waals surface area contributed by atoms with Crippen LogP contribution in [-0.4, -0.2) is 16.1 Å². The van der Waals surface area contributed by atoms with E-state index in [1.165, 1.54) is 66.4 Å². The lowest BCUT2D eigenvalue weighted by Gasteiger charge is -2.39. The maximum absolute atomic E-state index is 5.51. The number of aliphatic imine (C=N–C) groups is 2. The van der Waals surface area contributed by atoms with E-state index in [4.69, 9.17) is 9.98 Å². The highest BCUT2D eigenvalue weighted by Crippen LogP contribution is 2.61. The fourth-order valence-corrected chi connectivity index (χ4v) is 9.03. The molecule has 1 aliphatic heterocycles. The standard InChI is InChI=1S/C51H39N3/c1-4-33(2)48(53-50(36-20-9-6-10-21-36)52-34(3)35-18-7-5-8-19-35)37-30-31-39-38-22-11-13-25-42(38)51(45(39)32-37)43-26-14-16-29-47(43)54-46-28-15-12-23-40(46)41-24-17-27-44(51)49(41)54/h5-32H,4H2,1-3H3/b48-33+,52-34?,53-50?. The molecule has 1 spiro atoms. The van der Waals surface area contributed by atoms with Gasteiger partial charge in [0.15, 0.2) is 5.84 Å². The van der Waals surface area contributed by atoms with Crippen LogP contribution < -0.4 is 0 Å². The van der Waals surface area contributed by atoms with Crippen LogP contribution in [-0.2, 0) is 5.41 Å². The first kappa shape index (κ1) is 32.1. The van der Waals surface area contributed by atoms with Gasteiger partial charge in [0.05, 0.1) is 27.8 Å². The van der Waals surface area contributed by atoms with Crippen LogP contribution in [0.1, 0.15) is 66.1 Å². The van der Waals surface area contributed by atoms with Crippen LogP contribution in [0.25, 0.3) is 44.3 Å². The third-order valence-electron chi connectivity index (χ3n) is 11.6. The Hall–Kier alpha value is -6.58. The van der Waals surface area contributed by atoms with Gasteiger partial charge in [-0.05, 0) is 83.0 Å². The molecule has 1 atom stereocenters. The predicted octanol–water partition coefficient (Wildman–Crippen LogP) is 12.6. The Labute approximate surface area is 316 Å². The summed E-state index contributed by atoms with van der Waals surface area (Å²) >= 11 is 0. The van der Waals surface area contributed by atoms with Crippen molar-refractivity contribution in [3.63, 3.8) is 0 Å². The third-order valence-corrected chi connectivity index (χ3v) is 11.6. The van der Waals surface area contributed by atoms with Gasteiger partial charge in [0.25, 0.3) is 0 Å². The van der Waals surface area contributed by atoms with Gasteiger partial charge in [-0.25, -0.2) is 9.98 Å². The summed E-state index contributed by atoms with van der Waals surface area (Å²) in [5.74, 6) is 0.704. The van der Waals surface area contributed by atoms with Crippen molar-refractivity contribution in [3.05, 3.63) is 214 Å². The van der Waals surface area contributed by atoms with Gasteiger partial charge in [0.1, 0.15) is 0 Å². The monoisotopic (exact) mass is 693 g/mol. The van der Waals surface area contributed by atoms with Gasteiger partial charge in [0.2, 0.25) is 0 Å². The quantitative estimate of drug-likeness (QED) is 0.127. The molecule has 10 rings (SSSR count). The van der Waals surface area contributed by atoms with Crippen LogP contribution in [0, 0.1) is 0 Å². The maximum atomic E-state index is 5.51. The zero-order chi connectivity index (χ0) is 36.4. The molecule has 1 aliphatic carbocycles. The van der Waals surface area contributed by atoms with Crippen molar-refractivity contribution < 1.29 is 0 Å². The van der Waals surface area contributed by atoms with Crippen molar-refractivity contribution in [1.82, 2.24) is 4.57 Å². The van der Waals surface area contributed by atoms with E-state index in [-0.39, 0.29) is 0 Å². The average Bonchev–Trinajstić information content (AvgIpc) is 3.73. The average molecular weight is 694 g/mol. The molecule has 0 saturated heterocycles. The third kappa shape index (κ3) is 4.61. The van der Waals surface area contributed by atoms with E-state index in [0.29, 0.717) is 5.84 Å². The van der Waals surface area contributed by atoms with E-state index in [1.807, 2.05) is 12.1 Å². The molecule has 2 aliphatic rings. The molecule has 0 radical (unpaired) electrons. The lowest BCUT2D eigenvalue weighted by atomic mass is 9.65. The highest BCUT2D eigenvalue weighted by Gasteiger charge is 2.50. The first-order chi connectivity index (χ1) is 26.6. The van der Waals surface area contributed by atoms with Crippen molar-refractivity contribution in [3.8, 4) is 16.8 Å². The number of para-hydroxylation sites is 3. The summed E-state index contributed by atoms with van der Waals surface area (Å²) in [4.78, 5) is 10.7. The van der Waals surface area contributed by atoms with Gasteiger partial charge in [-0.15, -0.1) is 0 Å². The Morgan fingerprint density at radius 2 is 1.15 bits per heavy atom. The summed E-state index contributed by atoms with van der Waals surface area (Å²) in [5.41, 5.74) is 17.3. The lowest BCUT2D eigenvalue weighted by Crippen LogP contribution is -2.33. The number of rotatable bonds is 5. The van der Waals surface area contributed by atoms with Crippen LogP contribution in [0.3, 0.4) is 0 Å². The first-order valence-electron chi connectivity index (χ1n) is 18.9. The van der Waals surface area contributed by atoms with E-state index >= 15 is 0 Å². The molecule has 0 amide bonds. The largest absolute Gasteiger partial charge is 0.309 e. The second kappa shape index (κ2) is 12.5. The summed E-state index contributed by atoms with van der Waals surface area (Å²) in [7, 11) is 0. The number of benzene rings is 7. The molecule has 1 unspecified atom stereocenters. The van der Waals surface area contributed by atoms with Gasteiger partial charge in [-0.1, -0.05) is 159 Å². The van der Waals surface area contributed by atoms with Gasteiger partial charge in [-0.2, -0.15) is 0 Å². The molecular weight excluding hydrogens is 655 g/mol. The molecule has 0 saturated carbocycles. The smallest absolute Gasteiger partial charge is 0.160 e. The minimum Gasteiger partial charge on any atom is -0.309 e. The fraction of sp³-hybridized carbons (Fsp3) is 0.0980. The van der Waals surface area contributed by atoms with Gasteiger partial charge in [-0.3, -0.25) is 0 Å². The predicted molar refractivity (Wildman–Crippen MR) is 226 cm³/mol. The Kier molecular flexibility index (Phi) is 7.45. The molecule has 3 nitrogen and oxygen atoms in total. The lowest BCUT2D eigenvalue weighted by molar-refractivity contribution is 0.748. The Morgan fingerprint density at radius 3 is 1.94 bits per heavy atom. The number of hydrogen-bond donors (Lipinski definition) is 0. The molecule has 258 valence electrons. The molecule has 2 heterocycles. The van der Waals surface area contributed by atoms with Gasteiger partial charge in [0, 0.05) is 27.6 Å². The number of aromatic nitrogens is 1. The van der Waals surface area contributed by atoms with Crippen LogP contribution in [0.15, 0.2) is 185 Å². The van der Waals surface area contributed by atoms with Crippen molar-refractivity contribution in [2.75, 3.05) is 0 Å². The van der Waals surface area contributed by atoms with Crippen molar-refractivity contribution >= 4 is 39.1 Å². The number of fused-ring (bicyclic) bond motifs is 12. The highest BCUT2D eigenvalue weighted by molar-refractivity contribution is 6.14. The Balaban J connectivity index is 1.26. The van der Waals surface area contributed by atoms with E-state index in [9.17, 15) is 0 Å². The molecule has 7 aromatic carbocycles. The second-order valence-corrected chi connectivity index (χ2v) is 14.5. The number of nitrogens with zero attached hydrogens (tertiary/aromatic N) is 3. The first-order valence-corrected chi connectivity index (χ1v) is 18.9. The minimum absolute atomic E-state index is 0.526. The zero-order valence-electron chi connectivity index (χ0n) is 30.7. The Morgan fingerprint density at radius 1 is 0.519 bits per heavy atom. The molecule has 0 N–H and O–H groups in total. The molecule has 0 fully saturated rings. The molecule has 1 aromatic heterocycles. The summed E-state index contributed by atoms with van der Waals surface area (Å²) in [6.07, 6.45) is 0.868. The van der Waals surface area contributed by atoms with E-state index in [1.54, 1.807) is 0 Å². The summed E-state index contributed by atoms with van der Waals surface area (Å²) in [6.45, 7) is 6.50. The van der Waals surface area contributed by atoms with Crippen molar-refractivity contribution in [1.29, 1.82) is 0 Å². The minimum atomic E-state index is -0.526. The molecule has 0 bridgehead atoms. The Bertz CT molecular complexity index is 2870. The summed E-state index contributed by atoms with van der Waals surface area (Å²) in [6, 6.07) is 61.6. The normalized spacial score (nSPS) is 16.4. The SMILES string of the molecule is CC/C(C)=C(/N=C(N=C(C)c1ccccc1)c1ccccc1)c1ccc2c(c1)C1(c3ccccc3-2)c2ccccc2-n2c3ccccc3c3cccc1c32. The van der Waals surface area contributed by atoms with Crippen molar-refractivity contribution in [2.45, 2.75) is 32.6 Å². The zero-order valence-corrected chi connectivity index (χ0v) is 30.7. The number of hydrogen-bond acceptors (Lipinski definition) is 1. The van der Waals surface area contributed by atoms with Gasteiger partial charge >= 0.3 is 0 Å². The summed E-state index contributed by atoms with van der Waals surface area (Å²) < 4.78 is 2.50. The van der Waals surface area contributed by atoms with Gasteiger partial charge < -0.3 is 4.57 Å². The van der Waals surface area contributed by atoms with Crippen LogP contribution in [0.5, 0.6) is 0 Å². The molecular formula is C51H39N3. The maximum Gasteiger partial charge on any atom is 0.160 e. The molecule has 54 heavy (non-hydrogen) atoms.